The molecule has 0 aliphatic carbocycles. The summed E-state index contributed by atoms with van der Waals surface area (Å²) in [4.78, 5) is 23.3. The molecule has 4 rings (SSSR count). The molecule has 0 aromatic carbocycles. The van der Waals surface area contributed by atoms with Crippen molar-refractivity contribution < 1.29 is 4.79 Å². The quantitative estimate of drug-likeness (QED) is 0.172. The third kappa shape index (κ3) is 10.1. The number of rotatable bonds is 17. The molecule has 0 spiro atoms. The topological polar surface area (TPSA) is 79.8 Å². The Morgan fingerprint density at radius 1 is 1.02 bits per heavy atom. The zero-order valence-corrected chi connectivity index (χ0v) is 31.0. The zero-order chi connectivity index (χ0) is 33.5. The fourth-order valence-electron chi connectivity index (χ4n) is 8.19. The van der Waals surface area contributed by atoms with Gasteiger partial charge in [-0.15, -0.1) is 11.6 Å². The molecule has 0 radical (unpaired) electrons. The third-order valence-electron chi connectivity index (χ3n) is 11.1. The number of amides is 1. The second-order valence-electron chi connectivity index (χ2n) is 16.2. The van der Waals surface area contributed by atoms with Crippen molar-refractivity contribution in [3.05, 3.63) is 23.5 Å². The van der Waals surface area contributed by atoms with E-state index in [0.717, 1.165) is 87.3 Å². The molecule has 2 saturated heterocycles. The normalized spacial score (nSPS) is 21.9. The van der Waals surface area contributed by atoms with Gasteiger partial charge >= 0.3 is 0 Å². The molecule has 2 aliphatic heterocycles. The van der Waals surface area contributed by atoms with Crippen LogP contribution in [0.3, 0.4) is 0 Å². The lowest BCUT2D eigenvalue weighted by molar-refractivity contribution is -0.139. The minimum atomic E-state index is 0.0240. The smallest absolute Gasteiger partial charge is 0.225 e. The van der Waals surface area contributed by atoms with Gasteiger partial charge in [-0.2, -0.15) is 5.10 Å². The lowest BCUT2D eigenvalue weighted by Gasteiger charge is -2.36. The van der Waals surface area contributed by atoms with E-state index in [0.29, 0.717) is 10.8 Å². The first-order valence-electron chi connectivity index (χ1n) is 18.6. The van der Waals surface area contributed by atoms with Crippen molar-refractivity contribution in [1.82, 2.24) is 19.5 Å². The van der Waals surface area contributed by atoms with Crippen molar-refractivity contribution in [2.24, 2.45) is 22.5 Å². The Bertz CT molecular complexity index is 1260. The van der Waals surface area contributed by atoms with Gasteiger partial charge in [-0.1, -0.05) is 60.3 Å². The van der Waals surface area contributed by atoms with Crippen molar-refractivity contribution in [3.63, 3.8) is 0 Å². The predicted molar refractivity (Wildman–Crippen MR) is 194 cm³/mol. The zero-order valence-electron chi connectivity index (χ0n) is 30.3. The molecule has 5 atom stereocenters. The third-order valence-corrected chi connectivity index (χ3v) is 11.3. The van der Waals surface area contributed by atoms with Gasteiger partial charge in [-0.3, -0.25) is 4.79 Å². The van der Waals surface area contributed by atoms with Gasteiger partial charge in [0.25, 0.3) is 0 Å². The Morgan fingerprint density at radius 3 is 2.43 bits per heavy atom. The average molecular weight is 657 g/mol. The Morgan fingerprint density at radius 2 is 1.74 bits per heavy atom. The average Bonchev–Trinajstić information content (AvgIpc) is 3.61. The van der Waals surface area contributed by atoms with Crippen LogP contribution in [0.2, 0.25) is 0 Å². The summed E-state index contributed by atoms with van der Waals surface area (Å²) in [6.45, 7) is 18.6. The first kappa shape index (κ1) is 37.0. The Kier molecular flexibility index (Phi) is 13.3. The van der Waals surface area contributed by atoms with Crippen LogP contribution < -0.4 is 10.6 Å². The number of aromatic nitrogens is 3. The number of hydrogen-bond donors (Lipinski definition) is 1. The molecule has 2 aliphatic rings. The molecule has 2 aromatic rings. The summed E-state index contributed by atoms with van der Waals surface area (Å²) in [6, 6.07) is 2.34. The summed E-state index contributed by atoms with van der Waals surface area (Å²) in [5.74, 6) is 1.32. The highest BCUT2D eigenvalue weighted by molar-refractivity contribution is 6.20. The van der Waals surface area contributed by atoms with Gasteiger partial charge in [0.1, 0.15) is 5.82 Å². The van der Waals surface area contributed by atoms with Crippen molar-refractivity contribution in [2.75, 3.05) is 24.5 Å². The molecule has 2 N–H and O–H groups in total. The van der Waals surface area contributed by atoms with Crippen molar-refractivity contribution >= 4 is 29.0 Å². The number of carbonyl (C=O) groups is 1. The van der Waals surface area contributed by atoms with E-state index < -0.39 is 0 Å². The van der Waals surface area contributed by atoms with Gasteiger partial charge in [0.2, 0.25) is 5.91 Å². The fraction of sp³-hybridized carbons (Fsp3) is 0.816. The van der Waals surface area contributed by atoms with E-state index in [2.05, 4.69) is 70.5 Å². The van der Waals surface area contributed by atoms with E-state index >= 15 is 0 Å². The number of likely N-dealkylation sites (tertiary alicyclic amines) is 1. The minimum absolute atomic E-state index is 0.0240. The highest BCUT2D eigenvalue weighted by Gasteiger charge is 2.33. The number of nitrogens with zero attached hydrogens (tertiary/aromatic N) is 5. The van der Waals surface area contributed by atoms with Gasteiger partial charge in [0.05, 0.1) is 11.7 Å². The van der Waals surface area contributed by atoms with E-state index in [1.54, 1.807) is 0 Å². The number of fused-ring (bicyclic) bond motifs is 1. The largest absolute Gasteiger partial charge is 0.355 e. The van der Waals surface area contributed by atoms with Gasteiger partial charge in [0.15, 0.2) is 5.65 Å². The van der Waals surface area contributed by atoms with E-state index in [-0.39, 0.29) is 29.3 Å². The van der Waals surface area contributed by atoms with Gasteiger partial charge in [-0.25, -0.2) is 9.50 Å². The fourth-order valence-corrected chi connectivity index (χ4v) is 8.34. The van der Waals surface area contributed by atoms with Crippen LogP contribution in [-0.4, -0.2) is 56.5 Å². The monoisotopic (exact) mass is 656 g/mol. The van der Waals surface area contributed by atoms with E-state index in [4.69, 9.17) is 27.4 Å². The van der Waals surface area contributed by atoms with Crippen LogP contribution in [0.1, 0.15) is 155 Å². The molecule has 260 valence electrons. The summed E-state index contributed by atoms with van der Waals surface area (Å²) in [5, 5.41) is 5.24. The maximum absolute atomic E-state index is 13.9. The first-order chi connectivity index (χ1) is 21.8. The summed E-state index contributed by atoms with van der Waals surface area (Å²) < 4.78 is 1.90. The standard InChI is InChI=1S/C38H65ClN6O/c1-8-18-38(7,21-12-15-30(4)39)22-13-20-37(5,6)19-11-14-28(2)36(46)44-23-10-9-16-33(44)32-25-34-41-35(29(3)26-45(34)42-32)43-24-17-31(40)27-43/h25-26,28,30-31,33H,8-24,27,40H2,1-7H3. The van der Waals surface area contributed by atoms with Crippen LogP contribution >= 0.6 is 11.6 Å². The van der Waals surface area contributed by atoms with Crippen LogP contribution in [-0.2, 0) is 4.79 Å². The number of hydrogen-bond acceptors (Lipinski definition) is 5. The van der Waals surface area contributed by atoms with Crippen LogP contribution in [0.4, 0.5) is 5.82 Å². The molecule has 5 unspecified atom stereocenters. The Hall–Kier alpha value is -1.86. The SMILES string of the molecule is CCCC(C)(CCCC(C)Cl)CCCC(C)(C)CCCC(C)C(=O)N1CCCCC1c1cc2nc(N3CCC(N)C3)c(C)cn2n1. The van der Waals surface area contributed by atoms with Crippen molar-refractivity contribution in [1.29, 1.82) is 0 Å². The summed E-state index contributed by atoms with van der Waals surface area (Å²) in [7, 11) is 0. The summed E-state index contributed by atoms with van der Waals surface area (Å²) in [5.41, 5.74) is 9.84. The molecule has 4 heterocycles. The molecule has 7 nitrogen and oxygen atoms in total. The predicted octanol–water partition coefficient (Wildman–Crippen LogP) is 9.24. The van der Waals surface area contributed by atoms with Crippen LogP contribution in [0.5, 0.6) is 0 Å². The molecular formula is C38H65ClN6O. The van der Waals surface area contributed by atoms with Crippen molar-refractivity contribution in [2.45, 2.75) is 162 Å². The number of piperidine rings is 1. The van der Waals surface area contributed by atoms with Crippen LogP contribution in [0, 0.1) is 23.7 Å². The lowest BCUT2D eigenvalue weighted by atomic mass is 9.74. The second-order valence-corrected chi connectivity index (χ2v) is 16.9. The van der Waals surface area contributed by atoms with Gasteiger partial charge in [0, 0.05) is 54.8 Å². The highest BCUT2D eigenvalue weighted by atomic mass is 35.5. The van der Waals surface area contributed by atoms with E-state index in [1.165, 1.54) is 51.4 Å². The molecular weight excluding hydrogens is 592 g/mol. The maximum atomic E-state index is 13.9. The van der Waals surface area contributed by atoms with E-state index in [9.17, 15) is 4.79 Å². The number of anilines is 1. The Labute approximate surface area is 285 Å². The number of aryl methyl sites for hydroxylation is 1. The van der Waals surface area contributed by atoms with Gasteiger partial charge < -0.3 is 15.5 Å². The van der Waals surface area contributed by atoms with Crippen LogP contribution in [0.15, 0.2) is 12.3 Å². The number of alkyl halides is 1. The highest BCUT2D eigenvalue weighted by Crippen LogP contribution is 2.39. The molecule has 8 heteroatoms. The number of nitrogens with two attached hydrogens (primary N) is 1. The molecule has 46 heavy (non-hydrogen) atoms. The first-order valence-corrected chi connectivity index (χ1v) is 19.1. The minimum Gasteiger partial charge on any atom is -0.355 e. The summed E-state index contributed by atoms with van der Waals surface area (Å²) >= 11 is 6.23. The van der Waals surface area contributed by atoms with Crippen molar-refractivity contribution in [3.8, 4) is 0 Å². The molecule has 0 bridgehead atoms. The Balaban J connectivity index is 1.30. The number of halogens is 1. The van der Waals surface area contributed by atoms with Gasteiger partial charge in [-0.05, 0) is 95.3 Å². The molecule has 2 fully saturated rings. The lowest BCUT2D eigenvalue weighted by Crippen LogP contribution is -2.41. The second kappa shape index (κ2) is 16.5. The summed E-state index contributed by atoms with van der Waals surface area (Å²) in [6.07, 6.45) is 19.5. The van der Waals surface area contributed by atoms with Crippen LogP contribution in [0.25, 0.3) is 5.65 Å². The number of carbonyl (C=O) groups excluding carboxylic acids is 1. The van der Waals surface area contributed by atoms with E-state index in [1.807, 2.05) is 4.52 Å². The molecule has 1 amide bonds. The molecule has 0 saturated carbocycles. The maximum Gasteiger partial charge on any atom is 0.225 e. The molecule has 2 aromatic heterocycles.